The number of aryl methyl sites for hydroxylation is 1. The first kappa shape index (κ1) is 13.1. The Bertz CT molecular complexity index is 733. The van der Waals surface area contributed by atoms with Crippen LogP contribution in [-0.4, -0.2) is 16.0 Å². The van der Waals surface area contributed by atoms with Gasteiger partial charge in [-0.3, -0.25) is 9.78 Å². The average Bonchev–Trinajstić information content (AvgIpc) is 3.15. The van der Waals surface area contributed by atoms with Gasteiger partial charge in [-0.25, -0.2) is 0 Å². The highest BCUT2D eigenvalue weighted by molar-refractivity contribution is 6.00. The smallest absolute Gasteiger partial charge is 0.257 e. The maximum absolute atomic E-state index is 12.3. The van der Waals surface area contributed by atoms with Gasteiger partial charge >= 0.3 is 0 Å². The molecule has 0 radical (unpaired) electrons. The van der Waals surface area contributed by atoms with Gasteiger partial charge in [0, 0.05) is 18.9 Å². The summed E-state index contributed by atoms with van der Waals surface area (Å²) in [4.78, 5) is 16.3. The van der Waals surface area contributed by atoms with Gasteiger partial charge in [0.25, 0.3) is 5.91 Å². The van der Waals surface area contributed by atoms with Crippen molar-refractivity contribution in [3.8, 4) is 11.5 Å². The molecule has 1 amide bonds. The van der Waals surface area contributed by atoms with Gasteiger partial charge in [-0.2, -0.15) is 0 Å². The molecule has 3 aromatic heterocycles. The Labute approximate surface area is 120 Å². The monoisotopic (exact) mass is 283 g/mol. The van der Waals surface area contributed by atoms with Crippen LogP contribution < -0.4 is 5.32 Å². The van der Waals surface area contributed by atoms with Crippen LogP contribution in [0.3, 0.4) is 0 Å². The number of hydrogen-bond acceptors (Lipinski definition) is 5. The number of hydrogen-bond donors (Lipinski definition) is 1. The molecule has 3 heterocycles. The molecule has 0 unspecified atom stereocenters. The summed E-state index contributed by atoms with van der Waals surface area (Å²) in [5.74, 6) is 0.700. The maximum atomic E-state index is 12.3. The van der Waals surface area contributed by atoms with Crippen LogP contribution in [0.15, 0.2) is 51.9 Å². The average molecular weight is 283 g/mol. The number of aromatic nitrogens is 2. The van der Waals surface area contributed by atoms with Crippen molar-refractivity contribution in [2.24, 2.45) is 0 Å². The van der Waals surface area contributed by atoms with Crippen molar-refractivity contribution >= 4 is 5.91 Å². The van der Waals surface area contributed by atoms with E-state index in [1.165, 1.54) is 6.26 Å². The van der Waals surface area contributed by atoms with Gasteiger partial charge in [0.15, 0.2) is 11.5 Å². The van der Waals surface area contributed by atoms with Crippen molar-refractivity contribution in [3.05, 3.63) is 59.8 Å². The number of carbonyl (C=O) groups excluding carboxylic acids is 1. The number of carbonyl (C=O) groups is 1. The van der Waals surface area contributed by atoms with E-state index < -0.39 is 0 Å². The van der Waals surface area contributed by atoms with Crippen LogP contribution in [0.1, 0.15) is 21.7 Å². The van der Waals surface area contributed by atoms with Gasteiger partial charge in [0.2, 0.25) is 0 Å². The fourth-order valence-electron chi connectivity index (χ4n) is 1.99. The molecule has 3 rings (SSSR count). The van der Waals surface area contributed by atoms with Crippen LogP contribution in [0.5, 0.6) is 0 Å². The molecule has 0 saturated carbocycles. The summed E-state index contributed by atoms with van der Waals surface area (Å²) < 4.78 is 10.4. The lowest BCUT2D eigenvalue weighted by molar-refractivity contribution is 0.0949. The predicted molar refractivity (Wildman–Crippen MR) is 74.3 cm³/mol. The molecule has 0 spiro atoms. The zero-order valence-corrected chi connectivity index (χ0v) is 11.4. The zero-order valence-electron chi connectivity index (χ0n) is 11.4. The fraction of sp³-hybridized carbons (Fsp3) is 0.133. The number of nitrogens with zero attached hydrogens (tertiary/aromatic N) is 2. The topological polar surface area (TPSA) is 81.2 Å². The van der Waals surface area contributed by atoms with Crippen molar-refractivity contribution in [2.45, 2.75) is 13.5 Å². The highest BCUT2D eigenvalue weighted by Crippen LogP contribution is 2.25. The van der Waals surface area contributed by atoms with Crippen molar-refractivity contribution in [2.75, 3.05) is 0 Å². The van der Waals surface area contributed by atoms with E-state index in [1.54, 1.807) is 31.5 Å². The highest BCUT2D eigenvalue weighted by atomic mass is 16.5. The number of furan rings is 1. The molecule has 0 saturated heterocycles. The van der Waals surface area contributed by atoms with Crippen LogP contribution >= 0.6 is 0 Å². The third-order valence-electron chi connectivity index (χ3n) is 3.05. The Hall–Kier alpha value is -2.89. The minimum Gasteiger partial charge on any atom is -0.463 e. The predicted octanol–water partition coefficient (Wildman–Crippen LogP) is 2.57. The Morgan fingerprint density at radius 3 is 2.81 bits per heavy atom. The lowest BCUT2D eigenvalue weighted by Crippen LogP contribution is -2.23. The Morgan fingerprint density at radius 2 is 2.10 bits per heavy atom. The van der Waals surface area contributed by atoms with E-state index in [1.807, 2.05) is 12.1 Å². The second kappa shape index (κ2) is 5.62. The Morgan fingerprint density at radius 1 is 1.29 bits per heavy atom. The zero-order chi connectivity index (χ0) is 14.7. The maximum Gasteiger partial charge on any atom is 0.257 e. The molecule has 0 aliphatic carbocycles. The fourth-order valence-corrected chi connectivity index (χ4v) is 1.99. The standard InChI is InChI=1S/C15H13N3O3/c1-10-13(14(18-21-10)12-3-2-8-20-12)15(19)17-9-11-4-6-16-7-5-11/h2-8H,9H2,1H3,(H,17,19). The summed E-state index contributed by atoms with van der Waals surface area (Å²) in [5, 5.41) is 6.73. The van der Waals surface area contributed by atoms with Gasteiger partial charge in [-0.1, -0.05) is 5.16 Å². The molecule has 3 aromatic rings. The second-order valence-electron chi connectivity index (χ2n) is 4.48. The minimum absolute atomic E-state index is 0.253. The van der Waals surface area contributed by atoms with Crippen LogP contribution in [0.25, 0.3) is 11.5 Å². The number of amides is 1. The molecular formula is C15H13N3O3. The Kier molecular flexibility index (Phi) is 3.51. The highest BCUT2D eigenvalue weighted by Gasteiger charge is 2.22. The second-order valence-corrected chi connectivity index (χ2v) is 4.48. The lowest BCUT2D eigenvalue weighted by atomic mass is 10.1. The van der Waals surface area contributed by atoms with E-state index in [-0.39, 0.29) is 5.91 Å². The van der Waals surface area contributed by atoms with Crippen molar-refractivity contribution in [1.29, 1.82) is 0 Å². The summed E-state index contributed by atoms with van der Waals surface area (Å²) in [5.41, 5.74) is 1.76. The molecule has 0 aliphatic rings. The summed E-state index contributed by atoms with van der Waals surface area (Å²) in [7, 11) is 0. The lowest BCUT2D eigenvalue weighted by Gasteiger charge is -2.04. The van der Waals surface area contributed by atoms with Crippen LogP contribution in [0.4, 0.5) is 0 Å². The van der Waals surface area contributed by atoms with E-state index in [4.69, 9.17) is 8.94 Å². The molecule has 0 aromatic carbocycles. The number of pyridine rings is 1. The van der Waals surface area contributed by atoms with E-state index >= 15 is 0 Å². The molecule has 1 N–H and O–H groups in total. The first-order valence-electron chi connectivity index (χ1n) is 6.43. The SMILES string of the molecule is Cc1onc(-c2ccco2)c1C(=O)NCc1ccncc1. The van der Waals surface area contributed by atoms with Gasteiger partial charge in [0.05, 0.1) is 6.26 Å². The van der Waals surface area contributed by atoms with Crippen molar-refractivity contribution in [1.82, 2.24) is 15.5 Å². The minimum atomic E-state index is -0.253. The molecule has 0 atom stereocenters. The third-order valence-corrected chi connectivity index (χ3v) is 3.05. The van der Waals surface area contributed by atoms with Gasteiger partial charge < -0.3 is 14.3 Å². The molecule has 6 heteroatoms. The molecule has 106 valence electrons. The number of rotatable bonds is 4. The van der Waals surface area contributed by atoms with Gasteiger partial charge in [0.1, 0.15) is 11.3 Å². The summed E-state index contributed by atoms with van der Waals surface area (Å²) in [6.07, 6.45) is 4.89. The summed E-state index contributed by atoms with van der Waals surface area (Å²) in [6.45, 7) is 2.10. The number of nitrogens with one attached hydrogen (secondary N) is 1. The summed E-state index contributed by atoms with van der Waals surface area (Å²) in [6, 6.07) is 7.15. The van der Waals surface area contributed by atoms with E-state index in [9.17, 15) is 4.79 Å². The third kappa shape index (κ3) is 2.69. The van der Waals surface area contributed by atoms with Gasteiger partial charge in [-0.05, 0) is 36.8 Å². The van der Waals surface area contributed by atoms with Crippen LogP contribution in [0.2, 0.25) is 0 Å². The molecule has 21 heavy (non-hydrogen) atoms. The molecule has 6 nitrogen and oxygen atoms in total. The molecule has 0 bridgehead atoms. The van der Waals surface area contributed by atoms with Crippen LogP contribution in [0, 0.1) is 6.92 Å². The van der Waals surface area contributed by atoms with Gasteiger partial charge in [-0.15, -0.1) is 0 Å². The molecular weight excluding hydrogens is 270 g/mol. The summed E-state index contributed by atoms with van der Waals surface area (Å²) >= 11 is 0. The molecule has 0 fully saturated rings. The van der Waals surface area contributed by atoms with E-state index in [0.717, 1.165) is 5.56 Å². The van der Waals surface area contributed by atoms with Crippen molar-refractivity contribution in [3.63, 3.8) is 0 Å². The first-order valence-corrected chi connectivity index (χ1v) is 6.43. The first-order chi connectivity index (χ1) is 10.3. The van der Waals surface area contributed by atoms with E-state index in [0.29, 0.717) is 29.3 Å². The normalized spacial score (nSPS) is 10.5. The Balaban J connectivity index is 1.80. The molecule has 0 aliphatic heterocycles. The quantitative estimate of drug-likeness (QED) is 0.795. The largest absolute Gasteiger partial charge is 0.463 e. The van der Waals surface area contributed by atoms with E-state index in [2.05, 4.69) is 15.5 Å². The van der Waals surface area contributed by atoms with Crippen molar-refractivity contribution < 1.29 is 13.7 Å². The van der Waals surface area contributed by atoms with Crippen LogP contribution in [-0.2, 0) is 6.54 Å².